The number of nitrogens with one attached hydrogen (secondary N) is 2. The van der Waals surface area contributed by atoms with E-state index in [1.807, 2.05) is 44.2 Å². The number of carbonyl (C=O) groups excluding carboxylic acids is 1. The third-order valence-corrected chi connectivity index (χ3v) is 4.41. The highest BCUT2D eigenvalue weighted by Crippen LogP contribution is 2.23. The van der Waals surface area contributed by atoms with E-state index in [4.69, 9.17) is 21.7 Å². The zero-order valence-electron chi connectivity index (χ0n) is 15.5. The van der Waals surface area contributed by atoms with Crippen LogP contribution in [0.2, 0.25) is 0 Å². The summed E-state index contributed by atoms with van der Waals surface area (Å²) in [4.78, 5) is 12.6. The normalized spacial score (nSPS) is 11.4. The van der Waals surface area contributed by atoms with E-state index >= 15 is 0 Å². The Morgan fingerprint density at radius 2 is 2.00 bits per heavy atom. The second-order valence-corrected chi connectivity index (χ2v) is 7.17. The summed E-state index contributed by atoms with van der Waals surface area (Å²) in [6.07, 6.45) is 1.04. The highest BCUT2D eigenvalue weighted by atomic mass is 79.9. The molecule has 0 aliphatic rings. The number of anilines is 1. The zero-order valence-corrected chi connectivity index (χ0v) is 17.9. The lowest BCUT2D eigenvalue weighted by Gasteiger charge is -2.15. The predicted molar refractivity (Wildman–Crippen MR) is 116 cm³/mol. The lowest BCUT2D eigenvalue weighted by molar-refractivity contribution is 0.0974. The first-order valence-electron chi connectivity index (χ1n) is 8.74. The highest BCUT2D eigenvalue weighted by molar-refractivity contribution is 9.10. The SMILES string of the molecule is CCOc1ccc(Br)cc1C(=O)NC(=S)Nc1cccc(OC(C)CC)c1. The molecule has 2 aromatic carbocycles. The van der Waals surface area contributed by atoms with Crippen LogP contribution in [0.4, 0.5) is 5.69 Å². The average Bonchev–Trinajstić information content (AvgIpc) is 2.63. The number of carbonyl (C=O) groups is 1. The number of halogens is 1. The Labute approximate surface area is 173 Å². The van der Waals surface area contributed by atoms with Crippen LogP contribution in [0.5, 0.6) is 11.5 Å². The lowest BCUT2D eigenvalue weighted by Crippen LogP contribution is -2.34. The molecule has 144 valence electrons. The van der Waals surface area contributed by atoms with Crippen LogP contribution in [0.1, 0.15) is 37.6 Å². The number of benzene rings is 2. The molecule has 0 heterocycles. The van der Waals surface area contributed by atoms with Crippen molar-refractivity contribution in [2.45, 2.75) is 33.3 Å². The smallest absolute Gasteiger partial charge is 0.261 e. The van der Waals surface area contributed by atoms with Gasteiger partial charge in [0, 0.05) is 16.2 Å². The molecule has 1 atom stereocenters. The molecule has 0 saturated heterocycles. The summed E-state index contributed by atoms with van der Waals surface area (Å²) in [6.45, 7) is 6.41. The monoisotopic (exact) mass is 450 g/mol. The molecule has 2 aromatic rings. The topological polar surface area (TPSA) is 59.6 Å². The Kier molecular flexibility index (Phi) is 8.06. The summed E-state index contributed by atoms with van der Waals surface area (Å²) >= 11 is 8.64. The van der Waals surface area contributed by atoms with Gasteiger partial charge < -0.3 is 14.8 Å². The largest absolute Gasteiger partial charge is 0.493 e. The Hall–Kier alpha value is -2.12. The molecule has 0 aliphatic carbocycles. The molecular weight excluding hydrogens is 428 g/mol. The van der Waals surface area contributed by atoms with Crippen LogP contribution in [-0.4, -0.2) is 23.7 Å². The maximum Gasteiger partial charge on any atom is 0.261 e. The van der Waals surface area contributed by atoms with Crippen LogP contribution < -0.4 is 20.1 Å². The van der Waals surface area contributed by atoms with Gasteiger partial charge in [-0.2, -0.15) is 0 Å². The summed E-state index contributed by atoms with van der Waals surface area (Å²) in [5, 5.41) is 5.89. The maximum atomic E-state index is 12.6. The van der Waals surface area contributed by atoms with E-state index < -0.39 is 0 Å². The third kappa shape index (κ3) is 6.52. The second kappa shape index (κ2) is 10.3. The summed E-state index contributed by atoms with van der Waals surface area (Å²) in [5.74, 6) is 0.906. The van der Waals surface area contributed by atoms with E-state index in [9.17, 15) is 4.79 Å². The summed E-state index contributed by atoms with van der Waals surface area (Å²) in [6, 6.07) is 12.7. The fraction of sp³-hybridized carbons (Fsp3) is 0.300. The molecule has 27 heavy (non-hydrogen) atoms. The van der Waals surface area contributed by atoms with Crippen LogP contribution in [0.3, 0.4) is 0 Å². The van der Waals surface area contributed by atoms with E-state index in [0.29, 0.717) is 17.9 Å². The van der Waals surface area contributed by atoms with Gasteiger partial charge in [0.05, 0.1) is 18.3 Å². The Morgan fingerprint density at radius 3 is 2.70 bits per heavy atom. The molecule has 2 rings (SSSR count). The van der Waals surface area contributed by atoms with Crippen molar-refractivity contribution in [1.29, 1.82) is 0 Å². The number of ether oxygens (including phenoxy) is 2. The van der Waals surface area contributed by atoms with Crippen molar-refractivity contribution in [2.24, 2.45) is 0 Å². The molecule has 0 bridgehead atoms. The van der Waals surface area contributed by atoms with E-state index in [1.165, 1.54) is 0 Å². The molecular formula is C20H23BrN2O3S. The van der Waals surface area contributed by atoms with E-state index in [2.05, 4.69) is 33.5 Å². The number of hydrogen-bond acceptors (Lipinski definition) is 4. The van der Waals surface area contributed by atoms with Gasteiger partial charge in [-0.3, -0.25) is 10.1 Å². The Balaban J connectivity index is 2.05. The Bertz CT molecular complexity index is 814. The Morgan fingerprint density at radius 1 is 1.22 bits per heavy atom. The second-order valence-electron chi connectivity index (χ2n) is 5.85. The molecule has 0 aromatic heterocycles. The summed E-state index contributed by atoms with van der Waals surface area (Å²) in [5.41, 5.74) is 1.14. The van der Waals surface area contributed by atoms with Gasteiger partial charge in [0.2, 0.25) is 0 Å². The molecule has 0 fully saturated rings. The van der Waals surface area contributed by atoms with Crippen LogP contribution in [-0.2, 0) is 0 Å². The number of thiocarbonyl (C=S) groups is 1. The van der Waals surface area contributed by atoms with Crippen molar-refractivity contribution in [3.05, 3.63) is 52.5 Å². The fourth-order valence-electron chi connectivity index (χ4n) is 2.26. The van der Waals surface area contributed by atoms with Gasteiger partial charge in [-0.05, 0) is 62.8 Å². The quantitative estimate of drug-likeness (QED) is 0.570. The van der Waals surface area contributed by atoms with Crippen molar-refractivity contribution in [3.63, 3.8) is 0 Å². The van der Waals surface area contributed by atoms with E-state index in [0.717, 1.165) is 22.3 Å². The lowest BCUT2D eigenvalue weighted by atomic mass is 10.2. The van der Waals surface area contributed by atoms with Gasteiger partial charge >= 0.3 is 0 Å². The van der Waals surface area contributed by atoms with Crippen LogP contribution >= 0.6 is 28.1 Å². The number of hydrogen-bond donors (Lipinski definition) is 2. The molecule has 0 saturated carbocycles. The van der Waals surface area contributed by atoms with E-state index in [1.54, 1.807) is 12.1 Å². The minimum Gasteiger partial charge on any atom is -0.493 e. The number of rotatable bonds is 7. The first-order chi connectivity index (χ1) is 12.9. The first-order valence-corrected chi connectivity index (χ1v) is 9.94. The van der Waals surface area contributed by atoms with Gasteiger partial charge in [0.1, 0.15) is 11.5 Å². The molecule has 1 amide bonds. The van der Waals surface area contributed by atoms with Crippen LogP contribution in [0.25, 0.3) is 0 Å². The zero-order chi connectivity index (χ0) is 19.8. The summed E-state index contributed by atoms with van der Waals surface area (Å²) < 4.78 is 12.1. The molecule has 0 radical (unpaired) electrons. The van der Waals surface area contributed by atoms with Gasteiger partial charge in [-0.1, -0.05) is 28.9 Å². The van der Waals surface area contributed by atoms with E-state index in [-0.39, 0.29) is 17.1 Å². The molecule has 2 N–H and O–H groups in total. The third-order valence-electron chi connectivity index (χ3n) is 3.72. The van der Waals surface area contributed by atoms with Gasteiger partial charge in [0.25, 0.3) is 5.91 Å². The molecule has 7 heteroatoms. The van der Waals surface area contributed by atoms with Crippen LogP contribution in [0, 0.1) is 0 Å². The van der Waals surface area contributed by atoms with Crippen molar-refractivity contribution in [1.82, 2.24) is 5.32 Å². The van der Waals surface area contributed by atoms with Crippen LogP contribution in [0.15, 0.2) is 46.9 Å². The minimum absolute atomic E-state index is 0.125. The van der Waals surface area contributed by atoms with Crippen molar-refractivity contribution in [2.75, 3.05) is 11.9 Å². The molecule has 0 spiro atoms. The fourth-order valence-corrected chi connectivity index (χ4v) is 2.83. The van der Waals surface area contributed by atoms with Crippen molar-refractivity contribution < 1.29 is 14.3 Å². The van der Waals surface area contributed by atoms with Gasteiger partial charge in [0.15, 0.2) is 5.11 Å². The van der Waals surface area contributed by atoms with Gasteiger partial charge in [-0.25, -0.2) is 0 Å². The number of amides is 1. The standard InChI is InChI=1S/C20H23BrN2O3S/c1-4-13(3)26-16-8-6-7-15(12-16)22-20(27)23-19(24)17-11-14(21)9-10-18(17)25-5-2/h6-13H,4-5H2,1-3H3,(H2,22,23,24,27). The maximum absolute atomic E-state index is 12.6. The minimum atomic E-state index is -0.343. The molecule has 5 nitrogen and oxygen atoms in total. The molecule has 1 unspecified atom stereocenters. The summed E-state index contributed by atoms with van der Waals surface area (Å²) in [7, 11) is 0. The average molecular weight is 451 g/mol. The van der Waals surface area contributed by atoms with Crippen molar-refractivity contribution >= 4 is 44.9 Å². The predicted octanol–water partition coefficient (Wildman–Crippen LogP) is 5.15. The highest BCUT2D eigenvalue weighted by Gasteiger charge is 2.15. The first kappa shape index (κ1) is 21.2. The van der Waals surface area contributed by atoms with Crippen molar-refractivity contribution in [3.8, 4) is 11.5 Å². The molecule has 0 aliphatic heterocycles. The van der Waals surface area contributed by atoms with Gasteiger partial charge in [-0.15, -0.1) is 0 Å².